The number of carbonyl (C=O) groups is 1. The van der Waals surface area contributed by atoms with Crippen LogP contribution in [0.5, 0.6) is 0 Å². The van der Waals surface area contributed by atoms with E-state index in [1.165, 1.54) is 6.07 Å². The second kappa shape index (κ2) is 6.04. The van der Waals surface area contributed by atoms with Gasteiger partial charge in [-0.1, -0.05) is 20.8 Å². The molecule has 1 aromatic heterocycles. The van der Waals surface area contributed by atoms with E-state index in [4.69, 9.17) is 0 Å². The molecule has 4 nitrogen and oxygen atoms in total. The number of rotatable bonds is 1. The van der Waals surface area contributed by atoms with Gasteiger partial charge in [-0.05, 0) is 37.5 Å². The Labute approximate surface area is 126 Å². The summed E-state index contributed by atoms with van der Waals surface area (Å²) >= 11 is 0. The zero-order valence-corrected chi connectivity index (χ0v) is 13.5. The maximum atomic E-state index is 12.5. The van der Waals surface area contributed by atoms with Crippen LogP contribution in [0.15, 0.2) is 17.1 Å². The van der Waals surface area contributed by atoms with Gasteiger partial charge in [0.05, 0.1) is 0 Å². The predicted octanol–water partition coefficient (Wildman–Crippen LogP) is 2.97. The second-order valence-corrected chi connectivity index (χ2v) is 7.18. The van der Waals surface area contributed by atoms with Gasteiger partial charge in [0.15, 0.2) is 5.43 Å². The maximum Gasteiger partial charge on any atom is 0.259 e. The van der Waals surface area contributed by atoms with Crippen LogP contribution in [0, 0.1) is 18.3 Å². The normalized spacial score (nSPS) is 20.2. The Kier molecular flexibility index (Phi) is 4.55. The smallest absolute Gasteiger partial charge is 0.259 e. The molecule has 0 spiro atoms. The highest BCUT2D eigenvalue weighted by atomic mass is 16.2. The molecule has 21 heavy (non-hydrogen) atoms. The number of aromatic nitrogens is 1. The first kappa shape index (κ1) is 15.8. The molecule has 1 fully saturated rings. The van der Waals surface area contributed by atoms with Crippen LogP contribution in [0.1, 0.15) is 56.1 Å². The zero-order chi connectivity index (χ0) is 15.6. The van der Waals surface area contributed by atoms with Crippen molar-refractivity contribution in [2.24, 2.45) is 11.3 Å². The molecule has 1 amide bonds. The molecule has 2 heterocycles. The molecule has 1 aliphatic rings. The van der Waals surface area contributed by atoms with Crippen LogP contribution in [-0.2, 0) is 0 Å². The van der Waals surface area contributed by atoms with Gasteiger partial charge in [0.1, 0.15) is 5.56 Å². The van der Waals surface area contributed by atoms with E-state index in [9.17, 15) is 9.59 Å². The van der Waals surface area contributed by atoms with Crippen LogP contribution in [-0.4, -0.2) is 28.9 Å². The number of pyridine rings is 1. The molecule has 0 bridgehead atoms. The molecule has 116 valence electrons. The first-order chi connectivity index (χ1) is 9.79. The van der Waals surface area contributed by atoms with E-state index < -0.39 is 0 Å². The zero-order valence-electron chi connectivity index (χ0n) is 13.5. The van der Waals surface area contributed by atoms with Gasteiger partial charge >= 0.3 is 0 Å². The summed E-state index contributed by atoms with van der Waals surface area (Å²) in [6, 6.07) is 1.49. The largest absolute Gasteiger partial charge is 0.364 e. The van der Waals surface area contributed by atoms with Crippen LogP contribution in [0.4, 0.5) is 0 Å². The molecule has 0 aromatic carbocycles. The van der Waals surface area contributed by atoms with Crippen molar-refractivity contribution in [1.29, 1.82) is 0 Å². The molecule has 1 saturated heterocycles. The average Bonchev–Trinajstić information content (AvgIpc) is 2.63. The molecule has 1 unspecified atom stereocenters. The molecule has 1 aromatic rings. The Balaban J connectivity index is 2.12. The highest BCUT2D eigenvalue weighted by Gasteiger charge is 2.29. The fraction of sp³-hybridized carbons (Fsp3) is 0.647. The summed E-state index contributed by atoms with van der Waals surface area (Å²) in [5, 5.41) is 0. The van der Waals surface area contributed by atoms with E-state index >= 15 is 0 Å². The van der Waals surface area contributed by atoms with E-state index in [2.05, 4.69) is 25.8 Å². The first-order valence-corrected chi connectivity index (χ1v) is 7.77. The summed E-state index contributed by atoms with van der Waals surface area (Å²) < 4.78 is 0. The van der Waals surface area contributed by atoms with Gasteiger partial charge in [0.25, 0.3) is 5.91 Å². The van der Waals surface area contributed by atoms with Crippen molar-refractivity contribution in [3.63, 3.8) is 0 Å². The average molecular weight is 290 g/mol. The number of H-pyrrole nitrogens is 1. The molecule has 2 rings (SSSR count). The van der Waals surface area contributed by atoms with Crippen molar-refractivity contribution in [1.82, 2.24) is 9.88 Å². The van der Waals surface area contributed by atoms with Crippen LogP contribution < -0.4 is 5.43 Å². The number of nitrogens with zero attached hydrogens (tertiary/aromatic N) is 1. The van der Waals surface area contributed by atoms with Crippen LogP contribution in [0.3, 0.4) is 0 Å². The van der Waals surface area contributed by atoms with Crippen molar-refractivity contribution >= 4 is 5.91 Å². The first-order valence-electron chi connectivity index (χ1n) is 7.77. The number of carbonyl (C=O) groups excluding carboxylic acids is 1. The number of amides is 1. The van der Waals surface area contributed by atoms with Gasteiger partial charge in [-0.3, -0.25) is 9.59 Å². The molecular weight excluding hydrogens is 264 g/mol. The summed E-state index contributed by atoms with van der Waals surface area (Å²) in [4.78, 5) is 29.3. The van der Waals surface area contributed by atoms with Crippen LogP contribution in [0.2, 0.25) is 0 Å². The van der Waals surface area contributed by atoms with E-state index in [0.717, 1.165) is 38.0 Å². The molecule has 0 saturated carbocycles. The minimum Gasteiger partial charge on any atom is -0.364 e. The van der Waals surface area contributed by atoms with Gasteiger partial charge in [0, 0.05) is 31.0 Å². The Morgan fingerprint density at radius 1 is 1.29 bits per heavy atom. The lowest BCUT2D eigenvalue weighted by Crippen LogP contribution is -2.35. The summed E-state index contributed by atoms with van der Waals surface area (Å²) in [5.41, 5.74) is 1.13. The van der Waals surface area contributed by atoms with Gasteiger partial charge in [-0.15, -0.1) is 0 Å². The predicted molar refractivity (Wildman–Crippen MR) is 84.5 cm³/mol. The fourth-order valence-electron chi connectivity index (χ4n) is 3.08. The van der Waals surface area contributed by atoms with Crippen LogP contribution in [0.25, 0.3) is 0 Å². The van der Waals surface area contributed by atoms with Gasteiger partial charge in [-0.25, -0.2) is 0 Å². The van der Waals surface area contributed by atoms with Crippen molar-refractivity contribution in [2.75, 3.05) is 13.1 Å². The number of likely N-dealkylation sites (tertiary alicyclic amines) is 1. The third kappa shape index (κ3) is 3.74. The van der Waals surface area contributed by atoms with Crippen molar-refractivity contribution in [3.8, 4) is 0 Å². The quantitative estimate of drug-likeness (QED) is 0.864. The third-order valence-corrected chi connectivity index (χ3v) is 4.53. The van der Waals surface area contributed by atoms with E-state index in [1.54, 1.807) is 6.20 Å². The SMILES string of the molecule is Cc1cc(=O)c(C(=O)N2CCCC(C(C)(C)C)CC2)c[nH]1. The van der Waals surface area contributed by atoms with E-state index in [1.807, 2.05) is 11.8 Å². The highest BCUT2D eigenvalue weighted by Crippen LogP contribution is 2.34. The van der Waals surface area contributed by atoms with Crippen molar-refractivity contribution in [3.05, 3.63) is 33.7 Å². The second-order valence-electron chi connectivity index (χ2n) is 7.18. The Bertz CT molecular complexity index is 569. The summed E-state index contributed by atoms with van der Waals surface area (Å²) in [6.07, 6.45) is 4.72. The molecule has 0 radical (unpaired) electrons. The summed E-state index contributed by atoms with van der Waals surface area (Å²) in [7, 11) is 0. The lowest BCUT2D eigenvalue weighted by Gasteiger charge is -2.29. The highest BCUT2D eigenvalue weighted by molar-refractivity contribution is 5.93. The molecule has 1 aliphatic heterocycles. The fourth-order valence-corrected chi connectivity index (χ4v) is 3.08. The number of aryl methyl sites for hydroxylation is 1. The summed E-state index contributed by atoms with van der Waals surface area (Å²) in [5.74, 6) is 0.498. The third-order valence-electron chi connectivity index (χ3n) is 4.53. The molecule has 1 atom stereocenters. The van der Waals surface area contributed by atoms with E-state index in [0.29, 0.717) is 5.92 Å². The Hall–Kier alpha value is -1.58. The minimum atomic E-state index is -0.187. The maximum absolute atomic E-state index is 12.5. The Morgan fingerprint density at radius 2 is 2.00 bits per heavy atom. The van der Waals surface area contributed by atoms with Gasteiger partial charge in [0.2, 0.25) is 0 Å². The standard InChI is InChI=1S/C17H26N2O2/c1-12-10-15(20)14(11-18-12)16(21)19-8-5-6-13(7-9-19)17(2,3)4/h10-11,13H,5-9H2,1-4H3,(H,18,20). The topological polar surface area (TPSA) is 53.2 Å². The monoisotopic (exact) mass is 290 g/mol. The van der Waals surface area contributed by atoms with E-state index in [-0.39, 0.29) is 22.3 Å². The molecule has 0 aliphatic carbocycles. The van der Waals surface area contributed by atoms with Gasteiger partial charge in [-0.2, -0.15) is 0 Å². The number of nitrogens with one attached hydrogen (secondary N) is 1. The lowest BCUT2D eigenvalue weighted by atomic mass is 9.77. The Morgan fingerprint density at radius 3 is 2.62 bits per heavy atom. The molecule has 1 N–H and O–H groups in total. The van der Waals surface area contributed by atoms with Crippen molar-refractivity contribution < 1.29 is 4.79 Å². The number of hydrogen-bond acceptors (Lipinski definition) is 2. The molecule has 4 heteroatoms. The van der Waals surface area contributed by atoms with Crippen molar-refractivity contribution in [2.45, 2.75) is 47.0 Å². The number of aromatic amines is 1. The minimum absolute atomic E-state index is 0.134. The summed E-state index contributed by atoms with van der Waals surface area (Å²) in [6.45, 7) is 10.1. The van der Waals surface area contributed by atoms with Gasteiger partial charge < -0.3 is 9.88 Å². The van der Waals surface area contributed by atoms with Crippen LogP contribution >= 0.6 is 0 Å². The molecular formula is C17H26N2O2. The number of hydrogen-bond donors (Lipinski definition) is 1. The lowest BCUT2D eigenvalue weighted by molar-refractivity contribution is 0.0754.